The van der Waals surface area contributed by atoms with Crippen LogP contribution in [0.2, 0.25) is 5.02 Å². The second kappa shape index (κ2) is 3.46. The lowest BCUT2D eigenvalue weighted by atomic mass is 10.1. The van der Waals surface area contributed by atoms with Crippen LogP contribution in [0.3, 0.4) is 0 Å². The predicted molar refractivity (Wildman–Crippen MR) is 50.5 cm³/mol. The van der Waals surface area contributed by atoms with Crippen molar-refractivity contribution in [1.29, 1.82) is 0 Å². The molecule has 1 aromatic carbocycles. The maximum atomic E-state index is 9.33. The summed E-state index contributed by atoms with van der Waals surface area (Å²) in [6.45, 7) is 1.86. The lowest BCUT2D eigenvalue weighted by Crippen LogP contribution is -1.82. The van der Waals surface area contributed by atoms with Crippen LogP contribution >= 0.6 is 27.5 Å². The van der Waals surface area contributed by atoms with Gasteiger partial charge in [0.2, 0.25) is 0 Å². The van der Waals surface area contributed by atoms with Crippen LogP contribution in [0.25, 0.3) is 0 Å². The second-order valence-electron chi connectivity index (χ2n) is 2.36. The molecular weight excluding hydrogens is 227 g/mol. The number of benzene rings is 1. The molecule has 0 unspecified atom stereocenters. The van der Waals surface area contributed by atoms with Crippen LogP contribution in [0.4, 0.5) is 0 Å². The Labute approximate surface area is 79.1 Å². The number of aromatic hydroxyl groups is 1. The second-order valence-corrected chi connectivity index (χ2v) is 3.33. The van der Waals surface area contributed by atoms with Gasteiger partial charge in [0.25, 0.3) is 0 Å². The fraction of sp³-hybridized carbons (Fsp3) is 0.250. The van der Waals surface area contributed by atoms with E-state index in [1.165, 1.54) is 0 Å². The SMILES string of the molecule is Cc1cc(O)c(CBr)cc1Cl. The lowest BCUT2D eigenvalue weighted by Gasteiger charge is -2.03. The molecule has 0 spiro atoms. The average molecular weight is 236 g/mol. The molecule has 60 valence electrons. The van der Waals surface area contributed by atoms with Gasteiger partial charge in [0.1, 0.15) is 5.75 Å². The Kier molecular flexibility index (Phi) is 2.79. The van der Waals surface area contributed by atoms with Crippen molar-refractivity contribution in [1.82, 2.24) is 0 Å². The Bertz CT molecular complexity index is 273. The van der Waals surface area contributed by atoms with Crippen LogP contribution in [0, 0.1) is 6.92 Å². The summed E-state index contributed by atoms with van der Waals surface area (Å²) < 4.78 is 0. The average Bonchev–Trinajstić information content (AvgIpc) is 1.97. The van der Waals surface area contributed by atoms with E-state index in [4.69, 9.17) is 11.6 Å². The van der Waals surface area contributed by atoms with E-state index in [0.29, 0.717) is 16.1 Å². The van der Waals surface area contributed by atoms with Crippen molar-refractivity contribution in [3.8, 4) is 5.75 Å². The minimum absolute atomic E-state index is 0.295. The maximum Gasteiger partial charge on any atom is 0.119 e. The fourth-order valence-electron chi connectivity index (χ4n) is 0.814. The van der Waals surface area contributed by atoms with Crippen LogP contribution in [-0.4, -0.2) is 5.11 Å². The van der Waals surface area contributed by atoms with Gasteiger partial charge >= 0.3 is 0 Å². The Morgan fingerprint density at radius 3 is 2.73 bits per heavy atom. The van der Waals surface area contributed by atoms with Gasteiger partial charge in [-0.1, -0.05) is 27.5 Å². The number of halogens is 2. The highest BCUT2D eigenvalue weighted by atomic mass is 79.9. The monoisotopic (exact) mass is 234 g/mol. The number of phenols is 1. The summed E-state index contributed by atoms with van der Waals surface area (Å²) in [7, 11) is 0. The molecule has 0 saturated heterocycles. The Balaban J connectivity index is 3.21. The Morgan fingerprint density at radius 1 is 1.55 bits per heavy atom. The Morgan fingerprint density at radius 2 is 2.18 bits per heavy atom. The van der Waals surface area contributed by atoms with E-state index in [0.717, 1.165) is 11.1 Å². The minimum atomic E-state index is 0.295. The largest absolute Gasteiger partial charge is 0.508 e. The zero-order valence-electron chi connectivity index (χ0n) is 6.06. The van der Waals surface area contributed by atoms with E-state index in [1.54, 1.807) is 12.1 Å². The van der Waals surface area contributed by atoms with E-state index in [9.17, 15) is 5.11 Å². The highest BCUT2D eigenvalue weighted by Crippen LogP contribution is 2.26. The molecule has 0 aliphatic rings. The predicted octanol–water partition coefficient (Wildman–Crippen LogP) is 3.25. The fourth-order valence-corrected chi connectivity index (χ4v) is 1.45. The summed E-state index contributed by atoms with van der Waals surface area (Å²) >= 11 is 9.08. The van der Waals surface area contributed by atoms with Crippen molar-refractivity contribution in [2.24, 2.45) is 0 Å². The van der Waals surface area contributed by atoms with Crippen LogP contribution in [0.1, 0.15) is 11.1 Å². The lowest BCUT2D eigenvalue weighted by molar-refractivity contribution is 0.470. The first kappa shape index (κ1) is 8.88. The van der Waals surface area contributed by atoms with E-state index < -0.39 is 0 Å². The first-order valence-corrected chi connectivity index (χ1v) is 4.69. The third-order valence-electron chi connectivity index (χ3n) is 1.50. The number of hydrogen-bond acceptors (Lipinski definition) is 1. The van der Waals surface area contributed by atoms with Gasteiger partial charge in [-0.2, -0.15) is 0 Å². The molecule has 11 heavy (non-hydrogen) atoms. The smallest absolute Gasteiger partial charge is 0.119 e. The number of rotatable bonds is 1. The Hall–Kier alpha value is -0.210. The highest BCUT2D eigenvalue weighted by Gasteiger charge is 2.02. The molecule has 0 heterocycles. The molecule has 0 saturated carbocycles. The first-order valence-electron chi connectivity index (χ1n) is 3.19. The van der Waals surface area contributed by atoms with Crippen molar-refractivity contribution >= 4 is 27.5 Å². The first-order chi connectivity index (χ1) is 5.15. The normalized spacial score (nSPS) is 10.1. The third kappa shape index (κ3) is 1.88. The molecule has 0 amide bonds. The molecule has 0 aliphatic heterocycles. The van der Waals surface area contributed by atoms with E-state index in [-0.39, 0.29) is 0 Å². The van der Waals surface area contributed by atoms with Crippen molar-refractivity contribution in [3.05, 3.63) is 28.3 Å². The molecule has 0 atom stereocenters. The van der Waals surface area contributed by atoms with Gasteiger partial charge in [-0.25, -0.2) is 0 Å². The number of hydrogen-bond donors (Lipinski definition) is 1. The molecule has 0 fully saturated rings. The molecule has 1 rings (SSSR count). The van der Waals surface area contributed by atoms with Gasteiger partial charge in [0.05, 0.1) is 0 Å². The zero-order chi connectivity index (χ0) is 8.43. The van der Waals surface area contributed by atoms with Gasteiger partial charge in [0.15, 0.2) is 0 Å². The number of alkyl halides is 1. The molecular formula is C8H8BrClO. The molecule has 0 bridgehead atoms. The summed E-state index contributed by atoms with van der Waals surface area (Å²) in [6.07, 6.45) is 0. The minimum Gasteiger partial charge on any atom is -0.508 e. The van der Waals surface area contributed by atoms with Crippen LogP contribution < -0.4 is 0 Å². The van der Waals surface area contributed by atoms with Crippen LogP contribution in [-0.2, 0) is 5.33 Å². The summed E-state index contributed by atoms with van der Waals surface area (Å²) in [6, 6.07) is 3.43. The van der Waals surface area contributed by atoms with Gasteiger partial charge < -0.3 is 5.11 Å². The van der Waals surface area contributed by atoms with Gasteiger partial charge in [-0.3, -0.25) is 0 Å². The quantitative estimate of drug-likeness (QED) is 0.741. The van der Waals surface area contributed by atoms with Crippen molar-refractivity contribution < 1.29 is 5.11 Å². The van der Waals surface area contributed by atoms with Crippen LogP contribution in [0.5, 0.6) is 5.75 Å². The third-order valence-corrected chi connectivity index (χ3v) is 2.52. The van der Waals surface area contributed by atoms with Crippen molar-refractivity contribution in [3.63, 3.8) is 0 Å². The van der Waals surface area contributed by atoms with Crippen molar-refractivity contribution in [2.45, 2.75) is 12.3 Å². The van der Waals surface area contributed by atoms with E-state index >= 15 is 0 Å². The molecule has 3 heteroatoms. The highest BCUT2D eigenvalue weighted by molar-refractivity contribution is 9.08. The molecule has 1 aromatic rings. The van der Waals surface area contributed by atoms with Gasteiger partial charge in [-0.05, 0) is 24.6 Å². The summed E-state index contributed by atoms with van der Waals surface area (Å²) in [5.74, 6) is 0.295. The molecule has 0 aromatic heterocycles. The number of aryl methyl sites for hydroxylation is 1. The molecule has 1 nitrogen and oxygen atoms in total. The molecule has 0 aliphatic carbocycles. The maximum absolute atomic E-state index is 9.33. The molecule has 1 N–H and O–H groups in total. The van der Waals surface area contributed by atoms with Crippen LogP contribution in [0.15, 0.2) is 12.1 Å². The summed E-state index contributed by atoms with van der Waals surface area (Å²) in [4.78, 5) is 0. The van der Waals surface area contributed by atoms with Gasteiger partial charge in [0, 0.05) is 15.9 Å². The topological polar surface area (TPSA) is 20.2 Å². The van der Waals surface area contributed by atoms with Gasteiger partial charge in [-0.15, -0.1) is 0 Å². The zero-order valence-corrected chi connectivity index (χ0v) is 8.41. The van der Waals surface area contributed by atoms with E-state index in [2.05, 4.69) is 15.9 Å². The number of phenolic OH excluding ortho intramolecular Hbond substituents is 1. The molecule has 0 radical (unpaired) electrons. The van der Waals surface area contributed by atoms with Crippen molar-refractivity contribution in [2.75, 3.05) is 0 Å². The summed E-state index contributed by atoms with van der Waals surface area (Å²) in [5, 5.41) is 10.6. The summed E-state index contributed by atoms with van der Waals surface area (Å²) in [5.41, 5.74) is 1.72. The van der Waals surface area contributed by atoms with E-state index in [1.807, 2.05) is 6.92 Å². The standard InChI is InChI=1S/C8H8BrClO/c1-5-2-8(11)6(4-9)3-7(5)10/h2-3,11H,4H2,1H3.